The number of hydrogen-bond acceptors (Lipinski definition) is 3. The Morgan fingerprint density at radius 3 is 3.08 bits per heavy atom. The molecule has 1 unspecified atom stereocenters. The summed E-state index contributed by atoms with van der Waals surface area (Å²) < 4.78 is 0. The Balaban J connectivity index is 2.63. The van der Waals surface area contributed by atoms with Gasteiger partial charge in [-0.05, 0) is 25.9 Å². The zero-order valence-corrected chi connectivity index (χ0v) is 8.12. The largest absolute Gasteiger partial charge is 0.295 e. The van der Waals surface area contributed by atoms with E-state index in [0.717, 1.165) is 19.5 Å². The van der Waals surface area contributed by atoms with Crippen LogP contribution in [0.2, 0.25) is 0 Å². The molecule has 0 aromatic heterocycles. The van der Waals surface area contributed by atoms with Gasteiger partial charge in [0.25, 0.3) is 0 Å². The number of nitrogens with zero attached hydrogens (tertiary/aromatic N) is 2. The third kappa shape index (κ3) is 2.51. The maximum absolute atomic E-state index is 10.1. The van der Waals surface area contributed by atoms with E-state index < -0.39 is 0 Å². The molecule has 0 bridgehead atoms. The third-order valence-corrected chi connectivity index (χ3v) is 2.59. The van der Waals surface area contributed by atoms with Crippen molar-refractivity contribution in [2.24, 2.45) is 4.99 Å². The van der Waals surface area contributed by atoms with Crippen LogP contribution in [0.3, 0.4) is 0 Å². The summed E-state index contributed by atoms with van der Waals surface area (Å²) in [6.07, 6.45) is 5.07. The molecule has 1 aliphatic rings. The van der Waals surface area contributed by atoms with E-state index in [0.29, 0.717) is 5.70 Å². The Labute approximate surface area is 79.1 Å². The highest BCUT2D eigenvalue weighted by Crippen LogP contribution is 2.21. The molecule has 0 saturated carbocycles. The first kappa shape index (κ1) is 10.2. The second-order valence-corrected chi connectivity index (χ2v) is 3.33. The molecule has 0 spiro atoms. The molecule has 1 atom stereocenters. The van der Waals surface area contributed by atoms with Gasteiger partial charge >= 0.3 is 0 Å². The van der Waals surface area contributed by atoms with Crippen molar-refractivity contribution in [3.8, 4) is 0 Å². The van der Waals surface area contributed by atoms with Gasteiger partial charge in [-0.2, -0.15) is 4.99 Å². The Morgan fingerprint density at radius 2 is 2.46 bits per heavy atom. The molecule has 0 aromatic carbocycles. The normalized spacial score (nSPS) is 23.6. The quantitative estimate of drug-likeness (QED) is 0.489. The Bertz CT molecular complexity index is 231. The standard InChI is InChI=1S/C10H16N2O/c1-3-12-7-5-4-6-10(12)9(2)11-8-13/h10H,2-7H2,1H3. The van der Waals surface area contributed by atoms with Crippen LogP contribution in [0.25, 0.3) is 0 Å². The van der Waals surface area contributed by atoms with Crippen LogP contribution in [-0.2, 0) is 4.79 Å². The predicted octanol–water partition coefficient (Wildman–Crippen LogP) is 1.71. The second kappa shape index (κ2) is 4.95. The van der Waals surface area contributed by atoms with Crippen molar-refractivity contribution in [1.29, 1.82) is 0 Å². The van der Waals surface area contributed by atoms with Gasteiger partial charge in [-0.1, -0.05) is 19.9 Å². The van der Waals surface area contributed by atoms with Crippen LogP contribution >= 0.6 is 0 Å². The van der Waals surface area contributed by atoms with E-state index in [2.05, 4.69) is 23.4 Å². The summed E-state index contributed by atoms with van der Waals surface area (Å²) in [6.45, 7) is 8.01. The summed E-state index contributed by atoms with van der Waals surface area (Å²) in [4.78, 5) is 16.0. The smallest absolute Gasteiger partial charge is 0.240 e. The van der Waals surface area contributed by atoms with Gasteiger partial charge in [0.05, 0.1) is 11.7 Å². The first-order chi connectivity index (χ1) is 6.29. The number of likely N-dealkylation sites (N-methyl/N-ethyl adjacent to an activating group) is 1. The summed E-state index contributed by atoms with van der Waals surface area (Å²) in [5, 5.41) is 0. The molecular weight excluding hydrogens is 164 g/mol. The van der Waals surface area contributed by atoms with Crippen molar-refractivity contribution < 1.29 is 4.79 Å². The molecule has 1 saturated heterocycles. The molecule has 1 aliphatic heterocycles. The SMILES string of the molecule is C=C(N=C=O)C1CCCCN1CC. The summed E-state index contributed by atoms with van der Waals surface area (Å²) in [7, 11) is 0. The van der Waals surface area contributed by atoms with E-state index >= 15 is 0 Å². The predicted molar refractivity (Wildman–Crippen MR) is 52.1 cm³/mol. The van der Waals surface area contributed by atoms with E-state index in [1.54, 1.807) is 6.08 Å². The fraction of sp³-hybridized carbons (Fsp3) is 0.700. The number of aliphatic imine (C=N–C) groups is 1. The summed E-state index contributed by atoms with van der Waals surface area (Å²) >= 11 is 0. The maximum Gasteiger partial charge on any atom is 0.240 e. The van der Waals surface area contributed by atoms with Crippen molar-refractivity contribution in [2.45, 2.75) is 32.2 Å². The monoisotopic (exact) mass is 180 g/mol. The minimum absolute atomic E-state index is 0.264. The molecule has 13 heavy (non-hydrogen) atoms. The van der Waals surface area contributed by atoms with Gasteiger partial charge in [0.15, 0.2) is 0 Å². The van der Waals surface area contributed by atoms with Gasteiger partial charge in [0, 0.05) is 0 Å². The number of rotatable bonds is 3. The van der Waals surface area contributed by atoms with Gasteiger partial charge in [-0.25, -0.2) is 4.79 Å². The Hall–Kier alpha value is -0.920. The van der Waals surface area contributed by atoms with E-state index in [1.807, 2.05) is 0 Å². The average Bonchev–Trinajstić information content (AvgIpc) is 2.18. The van der Waals surface area contributed by atoms with Gasteiger partial charge in [-0.3, -0.25) is 4.90 Å². The molecule has 0 radical (unpaired) electrons. The molecule has 3 nitrogen and oxygen atoms in total. The number of piperidine rings is 1. The van der Waals surface area contributed by atoms with Gasteiger partial charge in [0.2, 0.25) is 6.08 Å². The summed E-state index contributed by atoms with van der Waals surface area (Å²) in [5.74, 6) is 0. The third-order valence-electron chi connectivity index (χ3n) is 2.59. The van der Waals surface area contributed by atoms with Gasteiger partial charge in [-0.15, -0.1) is 0 Å². The molecule has 1 fully saturated rings. The molecule has 0 amide bonds. The molecule has 0 N–H and O–H groups in total. The van der Waals surface area contributed by atoms with Crippen LogP contribution < -0.4 is 0 Å². The average molecular weight is 180 g/mol. The van der Waals surface area contributed by atoms with E-state index in [9.17, 15) is 4.79 Å². The minimum Gasteiger partial charge on any atom is -0.295 e. The lowest BCUT2D eigenvalue weighted by atomic mass is 10.0. The van der Waals surface area contributed by atoms with Crippen LogP contribution in [0, 0.1) is 0 Å². The second-order valence-electron chi connectivity index (χ2n) is 3.33. The van der Waals surface area contributed by atoms with Crippen molar-refractivity contribution in [2.75, 3.05) is 13.1 Å². The summed E-state index contributed by atoms with van der Waals surface area (Å²) in [5.41, 5.74) is 0.663. The van der Waals surface area contributed by atoms with E-state index in [1.165, 1.54) is 12.8 Å². The zero-order valence-electron chi connectivity index (χ0n) is 8.12. The van der Waals surface area contributed by atoms with Crippen LogP contribution in [0.15, 0.2) is 17.3 Å². The molecule has 72 valence electrons. The summed E-state index contributed by atoms with van der Waals surface area (Å²) in [6, 6.07) is 0.264. The molecular formula is C10H16N2O. The maximum atomic E-state index is 10.1. The van der Waals surface area contributed by atoms with Crippen LogP contribution in [0.4, 0.5) is 0 Å². The van der Waals surface area contributed by atoms with E-state index in [-0.39, 0.29) is 6.04 Å². The number of likely N-dealkylation sites (tertiary alicyclic amines) is 1. The van der Waals surface area contributed by atoms with Gasteiger partial charge < -0.3 is 0 Å². The first-order valence-electron chi connectivity index (χ1n) is 4.80. The van der Waals surface area contributed by atoms with Gasteiger partial charge in [0.1, 0.15) is 0 Å². The fourth-order valence-electron chi connectivity index (χ4n) is 1.88. The highest BCUT2D eigenvalue weighted by Gasteiger charge is 2.22. The minimum atomic E-state index is 0.264. The Morgan fingerprint density at radius 1 is 1.69 bits per heavy atom. The van der Waals surface area contributed by atoms with Crippen molar-refractivity contribution in [3.05, 3.63) is 12.3 Å². The lowest BCUT2D eigenvalue weighted by molar-refractivity contribution is 0.180. The topological polar surface area (TPSA) is 32.7 Å². The molecule has 3 heteroatoms. The lowest BCUT2D eigenvalue weighted by Crippen LogP contribution is -2.39. The van der Waals surface area contributed by atoms with E-state index in [4.69, 9.17) is 0 Å². The highest BCUT2D eigenvalue weighted by molar-refractivity contribution is 5.37. The Kier molecular flexibility index (Phi) is 3.87. The molecule has 0 aliphatic carbocycles. The zero-order chi connectivity index (χ0) is 9.68. The van der Waals surface area contributed by atoms with Crippen LogP contribution in [0.1, 0.15) is 26.2 Å². The first-order valence-corrected chi connectivity index (χ1v) is 4.80. The molecule has 1 rings (SSSR count). The highest BCUT2D eigenvalue weighted by atomic mass is 16.1. The number of hydrogen-bond donors (Lipinski definition) is 0. The fourth-order valence-corrected chi connectivity index (χ4v) is 1.88. The van der Waals surface area contributed by atoms with Crippen LogP contribution in [0.5, 0.6) is 0 Å². The van der Waals surface area contributed by atoms with Crippen molar-refractivity contribution >= 4 is 6.08 Å². The molecule has 0 aromatic rings. The molecule has 1 heterocycles. The van der Waals surface area contributed by atoms with Crippen LogP contribution in [-0.4, -0.2) is 30.1 Å². The van der Waals surface area contributed by atoms with Crippen molar-refractivity contribution in [3.63, 3.8) is 0 Å². The number of carbonyl (C=O) groups excluding carboxylic acids is 1. The van der Waals surface area contributed by atoms with Crippen molar-refractivity contribution in [1.82, 2.24) is 4.90 Å². The number of isocyanates is 1. The lowest BCUT2D eigenvalue weighted by Gasteiger charge is -2.34.